The van der Waals surface area contributed by atoms with Gasteiger partial charge in [-0.2, -0.15) is 4.31 Å². The summed E-state index contributed by atoms with van der Waals surface area (Å²) < 4.78 is 32.1. The molecule has 0 aliphatic carbocycles. The van der Waals surface area contributed by atoms with Crippen molar-refractivity contribution in [1.29, 1.82) is 0 Å². The largest absolute Gasteiger partial charge is 0.497 e. The fourth-order valence-corrected chi connectivity index (χ4v) is 4.92. The van der Waals surface area contributed by atoms with Crippen molar-refractivity contribution in [3.05, 3.63) is 58.1 Å². The lowest BCUT2D eigenvalue weighted by atomic mass is 10.1. The zero-order valence-corrected chi connectivity index (χ0v) is 17.5. The summed E-state index contributed by atoms with van der Waals surface area (Å²) in [5, 5.41) is 3.66. The molecule has 0 radical (unpaired) electrons. The molecule has 2 aromatic rings. The molecule has 1 fully saturated rings. The molecular weight excluding hydrogens is 423 g/mol. The number of amides is 1. The predicted molar refractivity (Wildman–Crippen MR) is 109 cm³/mol. The molecule has 1 aliphatic rings. The van der Waals surface area contributed by atoms with E-state index in [0.29, 0.717) is 47.3 Å². The Morgan fingerprint density at radius 2 is 1.75 bits per heavy atom. The van der Waals surface area contributed by atoms with Gasteiger partial charge in [0.25, 0.3) is 5.91 Å². The highest BCUT2D eigenvalue weighted by molar-refractivity contribution is 7.89. The van der Waals surface area contributed by atoms with Gasteiger partial charge in [0, 0.05) is 24.2 Å². The van der Waals surface area contributed by atoms with Crippen LogP contribution in [-0.2, 0) is 10.0 Å². The normalized spacial score (nSPS) is 16.0. The van der Waals surface area contributed by atoms with E-state index in [4.69, 9.17) is 27.9 Å². The maximum atomic E-state index is 12.8. The molecule has 28 heavy (non-hydrogen) atoms. The minimum atomic E-state index is -3.58. The summed E-state index contributed by atoms with van der Waals surface area (Å²) in [5.74, 6) is 0.281. The van der Waals surface area contributed by atoms with Gasteiger partial charge in [0.1, 0.15) is 5.75 Å². The van der Waals surface area contributed by atoms with E-state index in [0.717, 1.165) is 0 Å². The number of carbonyl (C=O) groups excluding carboxylic acids is 1. The third kappa shape index (κ3) is 4.60. The topological polar surface area (TPSA) is 75.7 Å². The molecule has 0 atom stereocenters. The van der Waals surface area contributed by atoms with E-state index in [9.17, 15) is 13.2 Å². The number of nitrogens with one attached hydrogen (secondary N) is 1. The second-order valence-corrected chi connectivity index (χ2v) is 9.23. The van der Waals surface area contributed by atoms with Gasteiger partial charge in [0.2, 0.25) is 10.0 Å². The predicted octanol–water partition coefficient (Wildman–Crippen LogP) is 3.59. The average molecular weight is 443 g/mol. The first-order valence-corrected chi connectivity index (χ1v) is 10.9. The van der Waals surface area contributed by atoms with Gasteiger partial charge in [-0.1, -0.05) is 23.2 Å². The van der Waals surface area contributed by atoms with Crippen molar-refractivity contribution < 1.29 is 17.9 Å². The van der Waals surface area contributed by atoms with E-state index in [1.54, 1.807) is 24.3 Å². The first kappa shape index (κ1) is 20.9. The number of ether oxygens (including phenoxy) is 1. The molecule has 1 saturated heterocycles. The Labute approximate surface area is 174 Å². The number of nitrogens with zero attached hydrogens (tertiary/aromatic N) is 1. The number of hydrogen-bond donors (Lipinski definition) is 1. The van der Waals surface area contributed by atoms with Gasteiger partial charge in [0.05, 0.1) is 22.6 Å². The van der Waals surface area contributed by atoms with Crippen LogP contribution in [0, 0.1) is 0 Å². The fraction of sp³-hybridized carbons (Fsp3) is 0.316. The molecular formula is C19H20Cl2N2O4S. The highest BCUT2D eigenvalue weighted by atomic mass is 35.5. The summed E-state index contributed by atoms with van der Waals surface area (Å²) in [6.07, 6.45) is 1.03. The Balaban J connectivity index is 1.62. The smallest absolute Gasteiger partial charge is 0.253 e. The monoisotopic (exact) mass is 442 g/mol. The van der Waals surface area contributed by atoms with Crippen LogP contribution in [-0.4, -0.2) is 44.9 Å². The summed E-state index contributed by atoms with van der Waals surface area (Å²) in [6, 6.07) is 10.9. The van der Waals surface area contributed by atoms with Crippen LogP contribution in [0.1, 0.15) is 23.2 Å². The summed E-state index contributed by atoms with van der Waals surface area (Å²) in [4.78, 5) is 12.7. The molecule has 6 nitrogen and oxygen atoms in total. The van der Waals surface area contributed by atoms with Crippen molar-refractivity contribution >= 4 is 39.1 Å². The van der Waals surface area contributed by atoms with Crippen molar-refractivity contribution in [3.8, 4) is 5.75 Å². The Morgan fingerprint density at radius 1 is 1.11 bits per heavy atom. The average Bonchev–Trinajstić information content (AvgIpc) is 2.70. The fourth-order valence-electron chi connectivity index (χ4n) is 3.07. The molecule has 1 N–H and O–H groups in total. The number of benzene rings is 2. The van der Waals surface area contributed by atoms with E-state index in [2.05, 4.69) is 5.32 Å². The molecule has 3 rings (SSSR count). The van der Waals surface area contributed by atoms with E-state index in [1.807, 2.05) is 0 Å². The van der Waals surface area contributed by atoms with Crippen molar-refractivity contribution in [2.75, 3.05) is 20.2 Å². The van der Waals surface area contributed by atoms with Gasteiger partial charge in [-0.3, -0.25) is 4.79 Å². The number of sulfonamides is 1. The van der Waals surface area contributed by atoms with Crippen LogP contribution in [0.15, 0.2) is 47.4 Å². The lowest BCUT2D eigenvalue weighted by Gasteiger charge is -2.31. The summed E-state index contributed by atoms with van der Waals surface area (Å²) in [6.45, 7) is 0.644. The van der Waals surface area contributed by atoms with E-state index in [-0.39, 0.29) is 16.8 Å². The van der Waals surface area contributed by atoms with Crippen molar-refractivity contribution in [3.63, 3.8) is 0 Å². The number of piperidine rings is 1. The lowest BCUT2D eigenvalue weighted by Crippen LogP contribution is -2.46. The first-order valence-electron chi connectivity index (χ1n) is 8.71. The van der Waals surface area contributed by atoms with Crippen LogP contribution < -0.4 is 10.1 Å². The minimum Gasteiger partial charge on any atom is -0.497 e. The van der Waals surface area contributed by atoms with Gasteiger partial charge < -0.3 is 10.1 Å². The van der Waals surface area contributed by atoms with Gasteiger partial charge in [0.15, 0.2) is 0 Å². The quantitative estimate of drug-likeness (QED) is 0.767. The second kappa shape index (κ2) is 8.69. The Morgan fingerprint density at radius 3 is 2.36 bits per heavy atom. The molecule has 0 spiro atoms. The van der Waals surface area contributed by atoms with E-state index in [1.165, 1.54) is 29.6 Å². The van der Waals surface area contributed by atoms with Crippen LogP contribution in [0.4, 0.5) is 0 Å². The molecule has 9 heteroatoms. The number of hydrogen-bond acceptors (Lipinski definition) is 4. The summed E-state index contributed by atoms with van der Waals surface area (Å²) in [5.41, 5.74) is 0.308. The van der Waals surface area contributed by atoms with Gasteiger partial charge >= 0.3 is 0 Å². The SMILES string of the molecule is COc1ccc(S(=O)(=O)N2CCC(NC(=O)c3cc(Cl)ccc3Cl)CC2)cc1. The summed E-state index contributed by atoms with van der Waals surface area (Å²) in [7, 11) is -2.05. The Bertz CT molecular complexity index is 956. The molecule has 2 aromatic carbocycles. The lowest BCUT2D eigenvalue weighted by molar-refractivity contribution is 0.0924. The van der Waals surface area contributed by atoms with Crippen LogP contribution in [0.25, 0.3) is 0 Å². The molecule has 1 amide bonds. The van der Waals surface area contributed by atoms with Crippen LogP contribution in [0.2, 0.25) is 10.0 Å². The zero-order valence-electron chi connectivity index (χ0n) is 15.2. The number of halogens is 2. The maximum Gasteiger partial charge on any atom is 0.253 e. The van der Waals surface area contributed by atoms with E-state index >= 15 is 0 Å². The third-order valence-electron chi connectivity index (χ3n) is 4.66. The highest BCUT2D eigenvalue weighted by Crippen LogP contribution is 2.24. The van der Waals surface area contributed by atoms with Gasteiger partial charge in [-0.05, 0) is 55.3 Å². The highest BCUT2D eigenvalue weighted by Gasteiger charge is 2.30. The molecule has 0 unspecified atom stereocenters. The third-order valence-corrected chi connectivity index (χ3v) is 7.14. The van der Waals surface area contributed by atoms with Crippen LogP contribution in [0.5, 0.6) is 5.75 Å². The van der Waals surface area contributed by atoms with Crippen molar-refractivity contribution in [2.45, 2.75) is 23.8 Å². The van der Waals surface area contributed by atoms with Crippen molar-refractivity contribution in [2.24, 2.45) is 0 Å². The number of methoxy groups -OCH3 is 1. The molecule has 1 heterocycles. The standard InChI is InChI=1S/C19H20Cl2N2O4S/c1-27-15-3-5-16(6-4-15)28(25,26)23-10-8-14(9-11-23)22-19(24)17-12-13(20)2-7-18(17)21/h2-7,12,14H,8-11H2,1H3,(H,22,24). The molecule has 1 aliphatic heterocycles. The molecule has 0 saturated carbocycles. The molecule has 0 bridgehead atoms. The summed E-state index contributed by atoms with van der Waals surface area (Å²) >= 11 is 12.0. The van der Waals surface area contributed by atoms with Gasteiger partial charge in [-0.25, -0.2) is 8.42 Å². The second-order valence-electron chi connectivity index (χ2n) is 6.45. The molecule has 0 aromatic heterocycles. The van der Waals surface area contributed by atoms with Crippen molar-refractivity contribution in [1.82, 2.24) is 9.62 Å². The van der Waals surface area contributed by atoms with Crippen LogP contribution >= 0.6 is 23.2 Å². The first-order chi connectivity index (χ1) is 13.3. The van der Waals surface area contributed by atoms with Gasteiger partial charge in [-0.15, -0.1) is 0 Å². The minimum absolute atomic E-state index is 0.134. The maximum absolute atomic E-state index is 12.8. The number of rotatable bonds is 5. The number of carbonyl (C=O) groups is 1. The van der Waals surface area contributed by atoms with E-state index < -0.39 is 10.0 Å². The Hall–Kier alpha value is -1.80. The molecule has 150 valence electrons. The zero-order chi connectivity index (χ0) is 20.3. The Kier molecular flexibility index (Phi) is 6.50. The van der Waals surface area contributed by atoms with Crippen LogP contribution in [0.3, 0.4) is 0 Å².